The molecule has 0 fully saturated rings. The van der Waals surface area contributed by atoms with Crippen LogP contribution in [0, 0.1) is 5.82 Å². The number of hydrogen-bond acceptors (Lipinski definition) is 3. The molecule has 0 unspecified atom stereocenters. The summed E-state index contributed by atoms with van der Waals surface area (Å²) in [6.07, 6.45) is 0. The van der Waals surface area contributed by atoms with Gasteiger partial charge in [0.05, 0.1) is 6.54 Å². The zero-order valence-electron chi connectivity index (χ0n) is 11.9. The number of benzene rings is 1. The number of hydrogen-bond donors (Lipinski definition) is 2. The normalized spacial score (nSPS) is 10.4. The lowest BCUT2D eigenvalue weighted by Gasteiger charge is -2.26. The number of anilines is 1. The fourth-order valence-corrected chi connectivity index (χ4v) is 1.70. The van der Waals surface area contributed by atoms with E-state index in [4.69, 9.17) is 0 Å². The highest BCUT2D eigenvalue weighted by Crippen LogP contribution is 2.08. The third kappa shape index (κ3) is 4.97. The Bertz CT molecular complexity index is 460. The molecule has 2 amide bonds. The predicted octanol–water partition coefficient (Wildman–Crippen LogP) is 1.22. The molecule has 0 bridgehead atoms. The van der Waals surface area contributed by atoms with Gasteiger partial charge < -0.3 is 15.5 Å². The molecule has 0 spiro atoms. The quantitative estimate of drug-likeness (QED) is 0.824. The summed E-state index contributed by atoms with van der Waals surface area (Å²) in [4.78, 5) is 25.2. The maximum atomic E-state index is 12.8. The molecule has 0 saturated carbocycles. The van der Waals surface area contributed by atoms with Crippen LogP contribution in [0.4, 0.5) is 10.1 Å². The zero-order chi connectivity index (χ0) is 15.1. The first-order valence-electron chi connectivity index (χ1n) is 6.43. The number of nitrogens with zero attached hydrogens (tertiary/aromatic N) is 1. The Morgan fingerprint density at radius 1 is 1.25 bits per heavy atom. The second kappa shape index (κ2) is 7.59. The minimum atomic E-state index is -0.365. The summed E-state index contributed by atoms with van der Waals surface area (Å²) in [7, 11) is 1.68. The molecule has 1 aromatic rings. The van der Waals surface area contributed by atoms with E-state index in [1.165, 1.54) is 29.2 Å². The topological polar surface area (TPSA) is 61.4 Å². The molecule has 20 heavy (non-hydrogen) atoms. The Morgan fingerprint density at radius 3 is 2.35 bits per heavy atom. The average Bonchev–Trinajstić information content (AvgIpc) is 2.38. The van der Waals surface area contributed by atoms with Crippen molar-refractivity contribution in [3.05, 3.63) is 30.1 Å². The first kappa shape index (κ1) is 16.1. The first-order valence-corrected chi connectivity index (χ1v) is 6.43. The van der Waals surface area contributed by atoms with Crippen molar-refractivity contribution in [3.8, 4) is 0 Å². The Kier molecular flexibility index (Phi) is 6.11. The van der Waals surface area contributed by atoms with Crippen LogP contribution in [0.5, 0.6) is 0 Å². The van der Waals surface area contributed by atoms with Crippen molar-refractivity contribution >= 4 is 17.5 Å². The predicted molar refractivity (Wildman–Crippen MR) is 75.8 cm³/mol. The van der Waals surface area contributed by atoms with Crippen LogP contribution in [0.3, 0.4) is 0 Å². The van der Waals surface area contributed by atoms with E-state index in [1.54, 1.807) is 7.05 Å². The van der Waals surface area contributed by atoms with Gasteiger partial charge in [0.25, 0.3) is 0 Å². The summed E-state index contributed by atoms with van der Waals surface area (Å²) in [6.45, 7) is 3.84. The minimum absolute atomic E-state index is 0.0322. The van der Waals surface area contributed by atoms with E-state index in [2.05, 4.69) is 10.6 Å². The molecule has 0 aliphatic carbocycles. The van der Waals surface area contributed by atoms with Gasteiger partial charge in [0.15, 0.2) is 0 Å². The van der Waals surface area contributed by atoms with Crippen LogP contribution in [0.2, 0.25) is 0 Å². The van der Waals surface area contributed by atoms with Gasteiger partial charge in [-0.15, -0.1) is 0 Å². The van der Waals surface area contributed by atoms with Crippen LogP contribution in [-0.2, 0) is 9.59 Å². The van der Waals surface area contributed by atoms with Gasteiger partial charge in [-0.2, -0.15) is 0 Å². The molecule has 0 aliphatic rings. The fourth-order valence-electron chi connectivity index (χ4n) is 1.70. The van der Waals surface area contributed by atoms with Gasteiger partial charge in [-0.05, 0) is 45.2 Å². The summed E-state index contributed by atoms with van der Waals surface area (Å²) in [5.74, 6) is -0.817. The number of nitrogens with one attached hydrogen (secondary N) is 2. The molecule has 5 nitrogen and oxygen atoms in total. The lowest BCUT2D eigenvalue weighted by molar-refractivity contribution is -0.135. The highest BCUT2D eigenvalue weighted by molar-refractivity contribution is 5.94. The van der Waals surface area contributed by atoms with Gasteiger partial charge in [0.1, 0.15) is 12.4 Å². The smallest absolute Gasteiger partial charge is 0.244 e. The van der Waals surface area contributed by atoms with Crippen molar-refractivity contribution in [1.29, 1.82) is 0 Å². The molecule has 0 aromatic heterocycles. The van der Waals surface area contributed by atoms with E-state index < -0.39 is 0 Å². The van der Waals surface area contributed by atoms with E-state index in [9.17, 15) is 14.0 Å². The summed E-state index contributed by atoms with van der Waals surface area (Å²) in [5, 5.41) is 5.40. The molecule has 1 rings (SSSR count). The monoisotopic (exact) mass is 281 g/mol. The fraction of sp³-hybridized carbons (Fsp3) is 0.429. The number of halogens is 1. The van der Waals surface area contributed by atoms with Gasteiger partial charge >= 0.3 is 0 Å². The van der Waals surface area contributed by atoms with E-state index in [0.29, 0.717) is 5.69 Å². The van der Waals surface area contributed by atoms with Crippen LogP contribution in [-0.4, -0.2) is 42.9 Å². The number of carbonyl (C=O) groups is 2. The second-order valence-corrected chi connectivity index (χ2v) is 4.70. The summed E-state index contributed by atoms with van der Waals surface area (Å²) in [5.41, 5.74) is 0.501. The van der Waals surface area contributed by atoms with Crippen molar-refractivity contribution in [1.82, 2.24) is 10.2 Å². The SMILES string of the molecule is CNCC(=O)N(CC(=O)Nc1ccc(F)cc1)C(C)C. The molecular weight excluding hydrogens is 261 g/mol. The van der Waals surface area contributed by atoms with E-state index in [-0.39, 0.29) is 36.8 Å². The lowest BCUT2D eigenvalue weighted by atomic mass is 10.2. The second-order valence-electron chi connectivity index (χ2n) is 4.70. The zero-order valence-corrected chi connectivity index (χ0v) is 11.9. The molecule has 0 aliphatic heterocycles. The molecule has 0 saturated heterocycles. The van der Waals surface area contributed by atoms with E-state index in [1.807, 2.05) is 13.8 Å². The Morgan fingerprint density at radius 2 is 1.85 bits per heavy atom. The molecule has 110 valence electrons. The first-order chi connectivity index (χ1) is 9.43. The summed E-state index contributed by atoms with van der Waals surface area (Å²) in [6, 6.07) is 5.41. The Hall–Kier alpha value is -1.95. The van der Waals surface area contributed by atoms with Crippen molar-refractivity contribution in [2.45, 2.75) is 19.9 Å². The van der Waals surface area contributed by atoms with Crippen molar-refractivity contribution in [3.63, 3.8) is 0 Å². The highest BCUT2D eigenvalue weighted by Gasteiger charge is 2.19. The molecule has 0 radical (unpaired) electrons. The Labute approximate surface area is 118 Å². The van der Waals surface area contributed by atoms with Gasteiger partial charge in [-0.25, -0.2) is 4.39 Å². The molecule has 1 aromatic carbocycles. The number of carbonyl (C=O) groups excluding carboxylic acids is 2. The number of amides is 2. The third-order valence-electron chi connectivity index (χ3n) is 2.71. The summed E-state index contributed by atoms with van der Waals surface area (Å²) < 4.78 is 12.8. The van der Waals surface area contributed by atoms with Crippen LogP contribution in [0.15, 0.2) is 24.3 Å². The Balaban J connectivity index is 2.62. The van der Waals surface area contributed by atoms with Crippen molar-refractivity contribution < 1.29 is 14.0 Å². The maximum Gasteiger partial charge on any atom is 0.244 e. The van der Waals surface area contributed by atoms with Gasteiger partial charge in [0.2, 0.25) is 11.8 Å². The lowest BCUT2D eigenvalue weighted by Crippen LogP contribution is -2.45. The van der Waals surface area contributed by atoms with E-state index in [0.717, 1.165) is 0 Å². The van der Waals surface area contributed by atoms with Crippen LogP contribution in [0.25, 0.3) is 0 Å². The highest BCUT2D eigenvalue weighted by atomic mass is 19.1. The molecule has 0 heterocycles. The standard InChI is InChI=1S/C14H20FN3O2/c1-10(2)18(14(20)8-16-3)9-13(19)17-12-6-4-11(15)5-7-12/h4-7,10,16H,8-9H2,1-3H3,(H,17,19). The van der Waals surface area contributed by atoms with E-state index >= 15 is 0 Å². The van der Waals surface area contributed by atoms with Crippen molar-refractivity contribution in [2.75, 3.05) is 25.5 Å². The van der Waals surface area contributed by atoms with Crippen molar-refractivity contribution in [2.24, 2.45) is 0 Å². The maximum absolute atomic E-state index is 12.8. The van der Waals surface area contributed by atoms with Crippen LogP contribution in [0.1, 0.15) is 13.8 Å². The van der Waals surface area contributed by atoms with Gasteiger partial charge in [0, 0.05) is 11.7 Å². The third-order valence-corrected chi connectivity index (χ3v) is 2.71. The average molecular weight is 281 g/mol. The largest absolute Gasteiger partial charge is 0.330 e. The molecule has 6 heteroatoms. The summed E-state index contributed by atoms with van der Waals surface area (Å²) >= 11 is 0. The number of rotatable bonds is 6. The number of likely N-dealkylation sites (N-methyl/N-ethyl adjacent to an activating group) is 1. The van der Waals surface area contributed by atoms with Crippen LogP contribution >= 0.6 is 0 Å². The molecular formula is C14H20FN3O2. The van der Waals surface area contributed by atoms with Crippen LogP contribution < -0.4 is 10.6 Å². The van der Waals surface area contributed by atoms with Gasteiger partial charge in [-0.1, -0.05) is 0 Å². The minimum Gasteiger partial charge on any atom is -0.330 e. The molecule has 2 N–H and O–H groups in total. The molecule has 0 atom stereocenters. The van der Waals surface area contributed by atoms with Gasteiger partial charge in [-0.3, -0.25) is 9.59 Å².